The zero-order valence-corrected chi connectivity index (χ0v) is 30.7. The van der Waals surface area contributed by atoms with Gasteiger partial charge in [-0.15, -0.1) is 0 Å². The minimum atomic E-state index is -4.77. The molecule has 0 saturated heterocycles. The Morgan fingerprint density at radius 3 is 1.58 bits per heavy atom. The molecule has 0 aromatic carbocycles. The van der Waals surface area contributed by atoms with E-state index in [0.29, 0.717) is 12.8 Å². The number of phosphoric acid groups is 1. The molecular weight excluding hydrogens is 627 g/mol. The monoisotopic (exact) mass is 692 g/mol. The maximum Gasteiger partial charge on any atom is 0.469 e. The van der Waals surface area contributed by atoms with E-state index in [0.717, 1.165) is 64.2 Å². The molecule has 0 unspecified atom stereocenters. The van der Waals surface area contributed by atoms with E-state index in [2.05, 4.69) is 85.2 Å². The molecule has 0 aromatic rings. The van der Waals surface area contributed by atoms with Crippen LogP contribution in [0.5, 0.6) is 0 Å². The summed E-state index contributed by atoms with van der Waals surface area (Å²) in [5, 5.41) is 0. The van der Waals surface area contributed by atoms with Gasteiger partial charge >= 0.3 is 19.8 Å². The van der Waals surface area contributed by atoms with Crippen molar-refractivity contribution in [2.24, 2.45) is 0 Å². The van der Waals surface area contributed by atoms with Crippen molar-refractivity contribution >= 4 is 19.8 Å². The molecule has 0 fully saturated rings. The molecule has 274 valence electrons. The Hall–Kier alpha value is -2.51. The largest absolute Gasteiger partial charge is 0.469 e. The summed E-state index contributed by atoms with van der Waals surface area (Å²) in [6.45, 7) is 3.47. The summed E-state index contributed by atoms with van der Waals surface area (Å²) in [6, 6.07) is 0. The lowest BCUT2D eigenvalue weighted by molar-refractivity contribution is -0.161. The standard InChI is InChI=1S/C39H65O8P/c1-3-5-7-9-11-13-15-17-18-19-20-22-23-25-27-29-31-33-38(40)45-35-37(36-46-48(42,43)44)47-39(41)34-32-30-28-26-24-21-16-14-12-10-8-6-4-2/h5,7,11,13,17-18,20-22,24-25,27,37H,3-4,6,8-10,12,14-16,19,23,26,28-36H2,1-2H3,(H2,42,43,44)/b7-5+,13-11+,18-17+,22-20+,24-21+,27-25+/t37-/m1/s1. The molecule has 0 radical (unpaired) electrons. The van der Waals surface area contributed by atoms with Crippen LogP contribution in [0.25, 0.3) is 0 Å². The van der Waals surface area contributed by atoms with Gasteiger partial charge in [0.2, 0.25) is 0 Å². The number of ether oxygens (including phenoxy) is 2. The number of phosphoric ester groups is 1. The number of carbonyl (C=O) groups excluding carboxylic acids is 2. The molecule has 0 bridgehead atoms. The fourth-order valence-corrected chi connectivity index (χ4v) is 4.88. The lowest BCUT2D eigenvalue weighted by atomic mass is 10.1. The van der Waals surface area contributed by atoms with E-state index in [1.54, 1.807) is 0 Å². The van der Waals surface area contributed by atoms with Crippen LogP contribution in [0.3, 0.4) is 0 Å². The molecule has 0 spiro atoms. The van der Waals surface area contributed by atoms with Crippen molar-refractivity contribution in [2.45, 2.75) is 148 Å². The molecular formula is C39H65O8P. The van der Waals surface area contributed by atoms with Gasteiger partial charge < -0.3 is 19.3 Å². The molecule has 0 rings (SSSR count). The Bertz CT molecular complexity index is 1010. The third-order valence-electron chi connectivity index (χ3n) is 7.21. The second-order valence-corrected chi connectivity index (χ2v) is 13.0. The zero-order valence-electron chi connectivity index (χ0n) is 29.9. The third kappa shape index (κ3) is 36.3. The molecule has 0 aliphatic heterocycles. The van der Waals surface area contributed by atoms with Crippen molar-refractivity contribution in [3.05, 3.63) is 72.9 Å². The van der Waals surface area contributed by atoms with E-state index >= 15 is 0 Å². The van der Waals surface area contributed by atoms with Gasteiger partial charge in [0, 0.05) is 12.8 Å². The molecule has 0 aliphatic rings. The molecule has 0 aromatic heterocycles. The summed E-state index contributed by atoms with van der Waals surface area (Å²) in [6.07, 6.45) is 43.4. The summed E-state index contributed by atoms with van der Waals surface area (Å²) in [5.41, 5.74) is 0. The second kappa shape index (κ2) is 34.4. The van der Waals surface area contributed by atoms with Crippen molar-refractivity contribution in [1.82, 2.24) is 0 Å². The minimum Gasteiger partial charge on any atom is -0.462 e. The maximum atomic E-state index is 12.3. The number of esters is 2. The Balaban J connectivity index is 4.13. The topological polar surface area (TPSA) is 119 Å². The van der Waals surface area contributed by atoms with E-state index in [1.165, 1.54) is 38.5 Å². The highest BCUT2D eigenvalue weighted by atomic mass is 31.2. The Kier molecular flexibility index (Phi) is 32.6. The average Bonchev–Trinajstić information content (AvgIpc) is 3.05. The molecule has 0 amide bonds. The fourth-order valence-electron chi connectivity index (χ4n) is 4.52. The van der Waals surface area contributed by atoms with Crippen LogP contribution in [0, 0.1) is 0 Å². The first-order valence-electron chi connectivity index (χ1n) is 18.2. The minimum absolute atomic E-state index is 0.176. The molecule has 1 atom stereocenters. The van der Waals surface area contributed by atoms with Crippen LogP contribution in [-0.2, 0) is 28.2 Å². The van der Waals surface area contributed by atoms with Crippen LogP contribution >= 0.6 is 7.82 Å². The Morgan fingerprint density at radius 1 is 0.562 bits per heavy atom. The molecule has 8 nitrogen and oxygen atoms in total. The molecule has 9 heteroatoms. The van der Waals surface area contributed by atoms with Gasteiger partial charge in [-0.2, -0.15) is 0 Å². The van der Waals surface area contributed by atoms with Crippen molar-refractivity contribution in [3.8, 4) is 0 Å². The summed E-state index contributed by atoms with van der Waals surface area (Å²) in [5.74, 6) is -0.980. The van der Waals surface area contributed by atoms with Gasteiger partial charge in [-0.1, -0.05) is 125 Å². The lowest BCUT2D eigenvalue weighted by Crippen LogP contribution is -2.29. The number of carbonyl (C=O) groups is 2. The van der Waals surface area contributed by atoms with Gasteiger partial charge in [-0.25, -0.2) is 4.57 Å². The van der Waals surface area contributed by atoms with Crippen molar-refractivity contribution in [1.29, 1.82) is 0 Å². The molecule has 0 saturated carbocycles. The number of allylic oxidation sites excluding steroid dienone is 12. The molecule has 0 aliphatic carbocycles. The van der Waals surface area contributed by atoms with Gasteiger partial charge in [-0.3, -0.25) is 14.1 Å². The highest BCUT2D eigenvalue weighted by molar-refractivity contribution is 7.46. The summed E-state index contributed by atoms with van der Waals surface area (Å²) >= 11 is 0. The van der Waals surface area contributed by atoms with Gasteiger partial charge in [0.25, 0.3) is 0 Å². The van der Waals surface area contributed by atoms with Gasteiger partial charge in [0.15, 0.2) is 6.10 Å². The van der Waals surface area contributed by atoms with Gasteiger partial charge in [-0.05, 0) is 77.0 Å². The summed E-state index contributed by atoms with van der Waals surface area (Å²) in [4.78, 5) is 42.6. The molecule has 0 heterocycles. The number of rotatable bonds is 32. The highest BCUT2D eigenvalue weighted by Gasteiger charge is 2.22. The third-order valence-corrected chi connectivity index (χ3v) is 7.69. The first-order valence-corrected chi connectivity index (χ1v) is 19.8. The number of hydrogen-bond acceptors (Lipinski definition) is 6. The van der Waals surface area contributed by atoms with E-state index in [1.807, 2.05) is 6.08 Å². The van der Waals surface area contributed by atoms with Crippen molar-refractivity contribution < 1.29 is 37.9 Å². The molecule has 48 heavy (non-hydrogen) atoms. The van der Waals surface area contributed by atoms with Crippen molar-refractivity contribution in [3.63, 3.8) is 0 Å². The summed E-state index contributed by atoms with van der Waals surface area (Å²) in [7, 11) is -4.77. The van der Waals surface area contributed by atoms with Crippen LogP contribution in [0.15, 0.2) is 72.9 Å². The highest BCUT2D eigenvalue weighted by Crippen LogP contribution is 2.35. The first kappa shape index (κ1) is 45.5. The van der Waals surface area contributed by atoms with E-state index in [-0.39, 0.29) is 19.4 Å². The fraction of sp³-hybridized carbons (Fsp3) is 0.641. The van der Waals surface area contributed by atoms with Crippen LogP contribution in [-0.4, -0.2) is 41.0 Å². The first-order chi connectivity index (χ1) is 23.3. The van der Waals surface area contributed by atoms with Crippen molar-refractivity contribution in [2.75, 3.05) is 13.2 Å². The van der Waals surface area contributed by atoms with Crippen LogP contribution in [0.4, 0.5) is 0 Å². The normalized spacial score (nSPS) is 13.3. The average molecular weight is 693 g/mol. The number of hydrogen-bond donors (Lipinski definition) is 2. The van der Waals surface area contributed by atoms with E-state index in [4.69, 9.17) is 19.3 Å². The zero-order chi connectivity index (χ0) is 35.4. The summed E-state index contributed by atoms with van der Waals surface area (Å²) < 4.78 is 26.2. The van der Waals surface area contributed by atoms with Crippen LogP contribution in [0.1, 0.15) is 142 Å². The Labute approximate surface area is 291 Å². The Morgan fingerprint density at radius 2 is 1.02 bits per heavy atom. The second-order valence-electron chi connectivity index (χ2n) is 11.8. The lowest BCUT2D eigenvalue weighted by Gasteiger charge is -2.18. The smallest absolute Gasteiger partial charge is 0.462 e. The molecule has 2 N–H and O–H groups in total. The predicted molar refractivity (Wildman–Crippen MR) is 197 cm³/mol. The van der Waals surface area contributed by atoms with Crippen LogP contribution in [0.2, 0.25) is 0 Å². The maximum absolute atomic E-state index is 12.3. The van der Waals surface area contributed by atoms with Gasteiger partial charge in [0.1, 0.15) is 6.61 Å². The van der Waals surface area contributed by atoms with E-state index < -0.39 is 32.5 Å². The van der Waals surface area contributed by atoms with E-state index in [9.17, 15) is 14.2 Å². The van der Waals surface area contributed by atoms with Gasteiger partial charge in [0.05, 0.1) is 6.61 Å². The SMILES string of the molecule is CC/C=C/C/C=C/C/C=C/C/C=C/C/C=C/CCCC(=O)OC[C@H](COP(=O)(O)O)OC(=O)CCCCC/C=C/CCCCCCCC. The van der Waals surface area contributed by atoms with Crippen LogP contribution < -0.4 is 0 Å². The number of unbranched alkanes of at least 4 members (excludes halogenated alkanes) is 10. The predicted octanol–water partition coefficient (Wildman–Crippen LogP) is 10.7. The quantitative estimate of drug-likeness (QED) is 0.0309.